The molecule has 0 bridgehead atoms. The molecule has 6 heteroatoms. The summed E-state index contributed by atoms with van der Waals surface area (Å²) in [5.41, 5.74) is 3.71. The van der Waals surface area contributed by atoms with Gasteiger partial charge in [0.15, 0.2) is 0 Å². The smallest absolute Gasteiger partial charge is 0.224 e. The molecule has 0 saturated carbocycles. The molecule has 0 fully saturated rings. The van der Waals surface area contributed by atoms with Gasteiger partial charge >= 0.3 is 0 Å². The lowest BCUT2D eigenvalue weighted by Gasteiger charge is -2.14. The lowest BCUT2D eigenvalue weighted by Crippen LogP contribution is -2.11. The summed E-state index contributed by atoms with van der Waals surface area (Å²) in [5.74, 6) is 1.98. The van der Waals surface area contributed by atoms with Crippen LogP contribution in [-0.2, 0) is 4.79 Å². The molecule has 2 aromatic carbocycles. The number of anilines is 2. The molecular weight excluding hydrogens is 402 g/mol. The average molecular weight is 434 g/mol. The van der Waals surface area contributed by atoms with Crippen LogP contribution in [0.4, 0.5) is 11.5 Å². The fraction of sp³-hybridized carbons (Fsp3) is 0.308. The predicted molar refractivity (Wildman–Crippen MR) is 130 cm³/mol. The Hall–Kier alpha value is -3.54. The van der Waals surface area contributed by atoms with Gasteiger partial charge in [0.25, 0.3) is 0 Å². The van der Waals surface area contributed by atoms with Crippen molar-refractivity contribution in [3.8, 4) is 33.9 Å². The number of methoxy groups -OCH3 is 1. The minimum Gasteiger partial charge on any atom is -0.507 e. The Bertz CT molecular complexity index is 1080. The van der Waals surface area contributed by atoms with Gasteiger partial charge in [0.05, 0.1) is 12.8 Å². The number of aromatic hydroxyl groups is 1. The molecule has 0 radical (unpaired) electrons. The number of ether oxygens (including phenoxy) is 1. The van der Waals surface area contributed by atoms with Crippen molar-refractivity contribution < 1.29 is 14.6 Å². The van der Waals surface area contributed by atoms with Crippen LogP contribution in [0.5, 0.6) is 11.5 Å². The summed E-state index contributed by atoms with van der Waals surface area (Å²) in [5, 5.41) is 16.9. The second-order valence-corrected chi connectivity index (χ2v) is 8.16. The van der Waals surface area contributed by atoms with Crippen LogP contribution in [-0.4, -0.2) is 29.7 Å². The Labute approximate surface area is 189 Å². The van der Waals surface area contributed by atoms with Crippen LogP contribution in [0, 0.1) is 5.92 Å². The summed E-state index contributed by atoms with van der Waals surface area (Å²) in [6.07, 6.45) is 1.22. The second-order valence-electron chi connectivity index (χ2n) is 8.16. The van der Waals surface area contributed by atoms with Crippen molar-refractivity contribution in [1.82, 2.24) is 4.98 Å². The van der Waals surface area contributed by atoms with Crippen LogP contribution in [0.3, 0.4) is 0 Å². The maximum absolute atomic E-state index is 12.0. The van der Waals surface area contributed by atoms with E-state index in [2.05, 4.69) is 24.5 Å². The Morgan fingerprint density at radius 1 is 1.09 bits per heavy atom. The van der Waals surface area contributed by atoms with Gasteiger partial charge in [0.2, 0.25) is 5.91 Å². The first-order valence-corrected chi connectivity index (χ1v) is 10.9. The Kier molecular flexibility index (Phi) is 7.71. The highest BCUT2D eigenvalue weighted by Crippen LogP contribution is 2.35. The molecule has 32 heavy (non-hydrogen) atoms. The van der Waals surface area contributed by atoms with E-state index >= 15 is 0 Å². The number of phenolic OH excluding ortho intramolecular Hbond substituents is 1. The summed E-state index contributed by atoms with van der Waals surface area (Å²) in [6.45, 7) is 7.00. The highest BCUT2D eigenvalue weighted by atomic mass is 16.5. The van der Waals surface area contributed by atoms with Gasteiger partial charge in [-0.05, 0) is 65.9 Å². The van der Waals surface area contributed by atoms with E-state index < -0.39 is 0 Å². The predicted octanol–water partition coefficient (Wildman–Crippen LogP) is 5.94. The third kappa shape index (κ3) is 6.00. The summed E-state index contributed by atoms with van der Waals surface area (Å²) in [6, 6.07) is 16.8. The normalized spacial score (nSPS) is 10.8. The van der Waals surface area contributed by atoms with E-state index in [0.29, 0.717) is 35.1 Å². The number of carbonyl (C=O) groups excluding carboxylic acids is 1. The molecular formula is C26H31N3O3. The Morgan fingerprint density at radius 2 is 1.91 bits per heavy atom. The molecule has 0 aliphatic heterocycles. The number of hydrogen-bond acceptors (Lipinski definition) is 5. The summed E-state index contributed by atoms with van der Waals surface area (Å²) < 4.78 is 5.38. The van der Waals surface area contributed by atoms with Crippen molar-refractivity contribution in [2.75, 3.05) is 24.3 Å². The van der Waals surface area contributed by atoms with Gasteiger partial charge in [-0.15, -0.1) is 0 Å². The number of nitrogens with zero attached hydrogens (tertiary/aromatic N) is 1. The third-order valence-electron chi connectivity index (χ3n) is 4.95. The molecule has 1 aromatic heterocycles. The fourth-order valence-electron chi connectivity index (χ4n) is 3.31. The van der Waals surface area contributed by atoms with Crippen molar-refractivity contribution >= 4 is 17.4 Å². The number of rotatable bonds is 9. The molecule has 1 heterocycles. The fourth-order valence-corrected chi connectivity index (χ4v) is 3.31. The zero-order valence-electron chi connectivity index (χ0n) is 19.1. The largest absolute Gasteiger partial charge is 0.507 e. The third-order valence-corrected chi connectivity index (χ3v) is 4.95. The Balaban J connectivity index is 2.06. The van der Waals surface area contributed by atoms with Crippen LogP contribution in [0.15, 0.2) is 54.6 Å². The van der Waals surface area contributed by atoms with Gasteiger partial charge in [0, 0.05) is 24.2 Å². The molecule has 0 spiro atoms. The van der Waals surface area contributed by atoms with Crippen molar-refractivity contribution in [1.29, 1.82) is 0 Å². The second kappa shape index (κ2) is 10.7. The van der Waals surface area contributed by atoms with Crippen LogP contribution < -0.4 is 15.4 Å². The number of hydrogen-bond donors (Lipinski definition) is 3. The highest BCUT2D eigenvalue weighted by Gasteiger charge is 2.13. The highest BCUT2D eigenvalue weighted by molar-refractivity contribution is 5.92. The van der Waals surface area contributed by atoms with Crippen LogP contribution in [0.1, 0.15) is 33.6 Å². The molecule has 0 aliphatic carbocycles. The number of phenols is 1. The molecule has 168 valence electrons. The molecule has 0 saturated heterocycles. The number of amides is 1. The number of aromatic nitrogens is 1. The molecule has 3 rings (SSSR count). The molecule has 0 aliphatic rings. The van der Waals surface area contributed by atoms with E-state index in [0.717, 1.165) is 29.8 Å². The van der Waals surface area contributed by atoms with E-state index in [-0.39, 0.29) is 11.7 Å². The van der Waals surface area contributed by atoms with E-state index in [1.165, 1.54) is 0 Å². The van der Waals surface area contributed by atoms with E-state index in [9.17, 15) is 9.90 Å². The topological polar surface area (TPSA) is 83.5 Å². The van der Waals surface area contributed by atoms with Crippen molar-refractivity contribution in [3.05, 3.63) is 54.6 Å². The van der Waals surface area contributed by atoms with E-state index in [1.54, 1.807) is 25.3 Å². The van der Waals surface area contributed by atoms with Gasteiger partial charge in [0.1, 0.15) is 17.3 Å². The summed E-state index contributed by atoms with van der Waals surface area (Å²) in [7, 11) is 1.64. The molecule has 0 atom stereocenters. The number of pyridine rings is 1. The Morgan fingerprint density at radius 3 is 2.62 bits per heavy atom. The zero-order chi connectivity index (χ0) is 23.1. The minimum absolute atomic E-state index is 0.0541. The van der Waals surface area contributed by atoms with E-state index in [1.807, 2.05) is 43.3 Å². The van der Waals surface area contributed by atoms with Crippen molar-refractivity contribution in [2.45, 2.75) is 33.6 Å². The monoisotopic (exact) mass is 433 g/mol. The van der Waals surface area contributed by atoms with Crippen molar-refractivity contribution in [2.24, 2.45) is 5.92 Å². The van der Waals surface area contributed by atoms with Gasteiger partial charge < -0.3 is 20.5 Å². The van der Waals surface area contributed by atoms with Crippen LogP contribution in [0.25, 0.3) is 22.4 Å². The number of benzene rings is 2. The van der Waals surface area contributed by atoms with Gasteiger partial charge in [-0.2, -0.15) is 0 Å². The van der Waals surface area contributed by atoms with Gasteiger partial charge in [-0.3, -0.25) is 4.79 Å². The lowest BCUT2D eigenvalue weighted by atomic mass is 10.0. The molecule has 3 aromatic rings. The SMILES string of the molecule is CCCC(=O)Nc1ccc(O)c(-c2cc(-c3cccc(OC)c3)cc(NCC(C)C)n2)c1. The quantitative estimate of drug-likeness (QED) is 0.364. The van der Waals surface area contributed by atoms with Crippen LogP contribution >= 0.6 is 0 Å². The van der Waals surface area contributed by atoms with Gasteiger partial charge in [-0.1, -0.05) is 32.9 Å². The summed E-state index contributed by atoms with van der Waals surface area (Å²) >= 11 is 0. The van der Waals surface area contributed by atoms with Crippen molar-refractivity contribution in [3.63, 3.8) is 0 Å². The molecule has 3 N–H and O–H groups in total. The standard InChI is InChI=1S/C26H31N3O3/c1-5-7-26(31)28-20-10-11-24(30)22(15-20)23-13-19(14-25(29-23)27-16-17(2)3)18-8-6-9-21(12-18)32-4/h6,8-15,17,30H,5,7,16H2,1-4H3,(H,27,29)(H,28,31). The summed E-state index contributed by atoms with van der Waals surface area (Å²) in [4.78, 5) is 16.8. The lowest BCUT2D eigenvalue weighted by molar-refractivity contribution is -0.116. The first-order valence-electron chi connectivity index (χ1n) is 10.9. The molecule has 1 amide bonds. The maximum Gasteiger partial charge on any atom is 0.224 e. The maximum atomic E-state index is 12.0. The average Bonchev–Trinajstić information content (AvgIpc) is 2.79. The molecule has 0 unspecified atom stereocenters. The number of carbonyl (C=O) groups is 1. The van der Waals surface area contributed by atoms with E-state index in [4.69, 9.17) is 9.72 Å². The van der Waals surface area contributed by atoms with Crippen LogP contribution in [0.2, 0.25) is 0 Å². The minimum atomic E-state index is -0.0541. The first kappa shape index (κ1) is 23.1. The molecule has 6 nitrogen and oxygen atoms in total. The zero-order valence-corrected chi connectivity index (χ0v) is 19.1. The van der Waals surface area contributed by atoms with Gasteiger partial charge in [-0.25, -0.2) is 4.98 Å². The number of nitrogens with one attached hydrogen (secondary N) is 2. The first-order chi connectivity index (χ1) is 15.4.